The van der Waals surface area contributed by atoms with Gasteiger partial charge in [0.2, 0.25) is 0 Å². The first-order chi connectivity index (χ1) is 13.0. The van der Waals surface area contributed by atoms with Gasteiger partial charge in [0.1, 0.15) is 0 Å². The minimum atomic E-state index is 0.715. The predicted molar refractivity (Wildman–Crippen MR) is 118 cm³/mol. The monoisotopic (exact) mass is 375 g/mol. The standard InChI is InChI=1S/C25H29NS/c1-16-4-5-21-14-22(6-7-24(16)21)25-13-19(15-27-25)12-23-11-17(2)20(8-9-26)10-18(23)3/h6-7,10-11,13-16H,4-5,8-9,12,26H2,1-3H3/t16-/m1/s1. The van der Waals surface area contributed by atoms with Crippen LogP contribution in [0.5, 0.6) is 0 Å². The Balaban J connectivity index is 1.56. The zero-order valence-corrected chi connectivity index (χ0v) is 17.5. The number of hydrogen-bond donors (Lipinski definition) is 1. The highest BCUT2D eigenvalue weighted by atomic mass is 32.1. The van der Waals surface area contributed by atoms with Gasteiger partial charge in [0.05, 0.1) is 0 Å². The smallest absolute Gasteiger partial charge is 0.0345 e. The normalized spacial score (nSPS) is 15.9. The summed E-state index contributed by atoms with van der Waals surface area (Å²) in [5.74, 6) is 0.724. The van der Waals surface area contributed by atoms with Crippen LogP contribution in [0.1, 0.15) is 58.2 Å². The molecule has 1 aliphatic rings. The first-order valence-electron chi connectivity index (χ1n) is 10.0. The Morgan fingerprint density at radius 1 is 1.04 bits per heavy atom. The number of thiophene rings is 1. The number of fused-ring (bicyclic) bond motifs is 1. The highest BCUT2D eigenvalue weighted by molar-refractivity contribution is 7.13. The van der Waals surface area contributed by atoms with E-state index < -0.39 is 0 Å². The molecule has 3 aromatic rings. The van der Waals surface area contributed by atoms with Crippen molar-refractivity contribution in [2.45, 2.75) is 52.4 Å². The average molecular weight is 376 g/mol. The molecule has 2 N–H and O–H groups in total. The van der Waals surface area contributed by atoms with E-state index in [1.807, 2.05) is 11.3 Å². The van der Waals surface area contributed by atoms with Gasteiger partial charge < -0.3 is 5.73 Å². The summed E-state index contributed by atoms with van der Waals surface area (Å²) in [5, 5.41) is 2.33. The molecule has 1 heterocycles. The molecular formula is C25H29NS. The van der Waals surface area contributed by atoms with E-state index in [1.165, 1.54) is 51.1 Å². The minimum absolute atomic E-state index is 0.715. The lowest BCUT2D eigenvalue weighted by molar-refractivity contribution is 0.747. The van der Waals surface area contributed by atoms with Crippen molar-refractivity contribution in [1.82, 2.24) is 0 Å². The number of hydrogen-bond acceptors (Lipinski definition) is 2. The molecular weight excluding hydrogens is 346 g/mol. The molecule has 0 aliphatic heterocycles. The Morgan fingerprint density at radius 3 is 2.63 bits per heavy atom. The van der Waals surface area contributed by atoms with Crippen LogP contribution in [0.15, 0.2) is 41.8 Å². The van der Waals surface area contributed by atoms with Crippen LogP contribution in [0.2, 0.25) is 0 Å². The molecule has 0 spiro atoms. The van der Waals surface area contributed by atoms with E-state index in [4.69, 9.17) is 5.73 Å². The van der Waals surface area contributed by atoms with E-state index in [2.05, 4.69) is 62.5 Å². The molecule has 1 aliphatic carbocycles. The summed E-state index contributed by atoms with van der Waals surface area (Å²) in [6.07, 6.45) is 4.50. The van der Waals surface area contributed by atoms with Gasteiger partial charge in [-0.05, 0) is 108 Å². The van der Waals surface area contributed by atoms with Crippen LogP contribution in [0, 0.1) is 13.8 Å². The maximum absolute atomic E-state index is 5.74. The first-order valence-corrected chi connectivity index (χ1v) is 10.9. The van der Waals surface area contributed by atoms with E-state index in [-0.39, 0.29) is 0 Å². The molecule has 0 bridgehead atoms. The maximum Gasteiger partial charge on any atom is 0.0345 e. The fraction of sp³-hybridized carbons (Fsp3) is 0.360. The van der Waals surface area contributed by atoms with E-state index in [1.54, 1.807) is 11.1 Å². The largest absolute Gasteiger partial charge is 0.330 e. The van der Waals surface area contributed by atoms with Crippen LogP contribution in [0.25, 0.3) is 10.4 Å². The number of rotatable bonds is 5. The topological polar surface area (TPSA) is 26.0 Å². The molecule has 4 rings (SSSR count). The third kappa shape index (κ3) is 3.74. The Morgan fingerprint density at radius 2 is 1.81 bits per heavy atom. The number of aryl methyl sites for hydroxylation is 3. The second-order valence-electron chi connectivity index (χ2n) is 8.09. The first kappa shape index (κ1) is 18.5. The molecule has 0 fully saturated rings. The van der Waals surface area contributed by atoms with Crippen molar-refractivity contribution in [3.63, 3.8) is 0 Å². The van der Waals surface area contributed by atoms with Gasteiger partial charge in [-0.1, -0.05) is 37.3 Å². The average Bonchev–Trinajstić information content (AvgIpc) is 3.26. The summed E-state index contributed by atoms with van der Waals surface area (Å²) in [6.45, 7) is 7.49. The van der Waals surface area contributed by atoms with Gasteiger partial charge in [0, 0.05) is 4.88 Å². The molecule has 1 aromatic heterocycles. The van der Waals surface area contributed by atoms with Crippen LogP contribution in [-0.4, -0.2) is 6.54 Å². The highest BCUT2D eigenvalue weighted by Gasteiger charge is 2.19. The van der Waals surface area contributed by atoms with Crippen LogP contribution >= 0.6 is 11.3 Å². The lowest BCUT2D eigenvalue weighted by atomic mass is 9.94. The third-order valence-electron chi connectivity index (χ3n) is 6.06. The van der Waals surface area contributed by atoms with Gasteiger partial charge >= 0.3 is 0 Å². The molecule has 0 saturated carbocycles. The fourth-order valence-corrected chi connectivity index (χ4v) is 5.29. The molecule has 0 unspecified atom stereocenters. The molecule has 1 atom stereocenters. The van der Waals surface area contributed by atoms with Crippen LogP contribution in [-0.2, 0) is 19.3 Å². The predicted octanol–water partition coefficient (Wildman–Crippen LogP) is 6.17. The minimum Gasteiger partial charge on any atom is -0.330 e. The van der Waals surface area contributed by atoms with E-state index in [0.29, 0.717) is 6.54 Å². The SMILES string of the molecule is Cc1cc(Cc2csc(-c3ccc4c(c3)CC[C@H]4C)c2)c(C)cc1CCN. The second kappa shape index (κ2) is 7.61. The van der Waals surface area contributed by atoms with Crippen molar-refractivity contribution in [1.29, 1.82) is 0 Å². The summed E-state index contributed by atoms with van der Waals surface area (Å²) in [5.41, 5.74) is 17.2. The zero-order valence-electron chi connectivity index (χ0n) is 16.6. The summed E-state index contributed by atoms with van der Waals surface area (Å²) in [6, 6.07) is 14.2. The van der Waals surface area contributed by atoms with Gasteiger partial charge in [0.25, 0.3) is 0 Å². The van der Waals surface area contributed by atoms with Crippen molar-refractivity contribution in [2.24, 2.45) is 5.73 Å². The van der Waals surface area contributed by atoms with E-state index >= 15 is 0 Å². The molecule has 27 heavy (non-hydrogen) atoms. The maximum atomic E-state index is 5.74. The highest BCUT2D eigenvalue weighted by Crippen LogP contribution is 2.37. The van der Waals surface area contributed by atoms with E-state index in [0.717, 1.165) is 18.8 Å². The Hall–Kier alpha value is -1.90. The lowest BCUT2D eigenvalue weighted by Gasteiger charge is -2.11. The van der Waals surface area contributed by atoms with Gasteiger partial charge in [0.15, 0.2) is 0 Å². The van der Waals surface area contributed by atoms with Crippen molar-refractivity contribution in [2.75, 3.05) is 6.54 Å². The molecule has 1 nitrogen and oxygen atoms in total. The van der Waals surface area contributed by atoms with Crippen molar-refractivity contribution in [3.8, 4) is 10.4 Å². The van der Waals surface area contributed by atoms with E-state index in [9.17, 15) is 0 Å². The van der Waals surface area contributed by atoms with Crippen molar-refractivity contribution in [3.05, 3.63) is 80.7 Å². The third-order valence-corrected chi connectivity index (χ3v) is 7.09. The molecule has 2 heteroatoms. The Labute approximate surface area is 167 Å². The van der Waals surface area contributed by atoms with Crippen LogP contribution in [0.4, 0.5) is 0 Å². The second-order valence-corrected chi connectivity index (χ2v) is 9.00. The zero-order chi connectivity index (χ0) is 19.0. The number of nitrogens with two attached hydrogens (primary N) is 1. The summed E-state index contributed by atoms with van der Waals surface area (Å²) < 4.78 is 0. The fourth-order valence-electron chi connectivity index (χ4n) is 4.37. The summed E-state index contributed by atoms with van der Waals surface area (Å²) in [4.78, 5) is 1.39. The van der Waals surface area contributed by atoms with Gasteiger partial charge in [-0.15, -0.1) is 11.3 Å². The lowest BCUT2D eigenvalue weighted by Crippen LogP contribution is -2.05. The number of benzene rings is 2. The van der Waals surface area contributed by atoms with Gasteiger partial charge in [-0.25, -0.2) is 0 Å². The van der Waals surface area contributed by atoms with Gasteiger partial charge in [-0.3, -0.25) is 0 Å². The van der Waals surface area contributed by atoms with Crippen LogP contribution < -0.4 is 5.73 Å². The Kier molecular flexibility index (Phi) is 5.21. The summed E-state index contributed by atoms with van der Waals surface area (Å²) in [7, 11) is 0. The molecule has 140 valence electrons. The molecule has 0 saturated heterocycles. The molecule has 0 radical (unpaired) electrons. The molecule has 2 aromatic carbocycles. The summed E-state index contributed by atoms with van der Waals surface area (Å²) >= 11 is 1.87. The quantitative estimate of drug-likeness (QED) is 0.566. The van der Waals surface area contributed by atoms with Crippen molar-refractivity contribution < 1.29 is 0 Å². The van der Waals surface area contributed by atoms with Crippen molar-refractivity contribution >= 4 is 11.3 Å². The van der Waals surface area contributed by atoms with Crippen LogP contribution in [0.3, 0.4) is 0 Å². The van der Waals surface area contributed by atoms with Gasteiger partial charge in [-0.2, -0.15) is 0 Å². The molecule has 0 amide bonds. The Bertz CT molecular complexity index is 966.